The lowest BCUT2D eigenvalue weighted by Crippen LogP contribution is -2.49. The molecule has 5 rings (SSSR count). The van der Waals surface area contributed by atoms with Crippen LogP contribution >= 0.6 is 11.3 Å². The number of nitrogens with two attached hydrogens (primary N) is 1. The third kappa shape index (κ3) is 6.74. The topological polar surface area (TPSA) is 168 Å². The van der Waals surface area contributed by atoms with Gasteiger partial charge in [0, 0.05) is 27.8 Å². The average molecular weight is 589 g/mol. The molecule has 13 heteroatoms. The Bertz CT molecular complexity index is 1510. The van der Waals surface area contributed by atoms with Crippen LogP contribution in [0.1, 0.15) is 27.2 Å². The maximum absolute atomic E-state index is 13.3. The summed E-state index contributed by atoms with van der Waals surface area (Å²) in [6.07, 6.45) is 1.81. The highest BCUT2D eigenvalue weighted by atomic mass is 32.1. The molecule has 2 fully saturated rings. The number of ether oxygens (including phenoxy) is 3. The lowest BCUT2D eigenvalue weighted by Gasteiger charge is -2.24. The molecule has 216 valence electrons. The zero-order chi connectivity index (χ0) is 29.5. The molecule has 12 nitrogen and oxygen atoms in total. The van der Waals surface area contributed by atoms with Gasteiger partial charge in [-0.05, 0) is 42.5 Å². The molecular formula is C29H28N6O6S. The Morgan fingerprint density at radius 3 is 2.50 bits per heavy atom. The third-order valence-electron chi connectivity index (χ3n) is 6.78. The molecule has 2 saturated heterocycles. The van der Waals surface area contributed by atoms with Crippen LogP contribution in [0.4, 0.5) is 0 Å². The van der Waals surface area contributed by atoms with Gasteiger partial charge in [0.2, 0.25) is 18.0 Å². The second kappa shape index (κ2) is 12.8. The minimum Gasteiger partial charge on any atom is -0.457 e. The Hall–Kier alpha value is -4.77. The van der Waals surface area contributed by atoms with Crippen LogP contribution in [-0.4, -0.2) is 66.6 Å². The normalized spacial score (nSPS) is 17.5. The Morgan fingerprint density at radius 2 is 1.79 bits per heavy atom. The minimum absolute atomic E-state index is 0.0651. The number of carbonyl (C=O) groups excluding carboxylic acids is 3. The van der Waals surface area contributed by atoms with Crippen molar-refractivity contribution in [2.24, 2.45) is 10.7 Å². The molecular weight excluding hydrogens is 560 g/mol. The maximum atomic E-state index is 13.3. The van der Waals surface area contributed by atoms with E-state index >= 15 is 0 Å². The van der Waals surface area contributed by atoms with Crippen molar-refractivity contribution >= 4 is 34.9 Å². The fourth-order valence-corrected chi connectivity index (χ4v) is 5.54. The highest BCUT2D eigenvalue weighted by molar-refractivity contribution is 7.10. The predicted molar refractivity (Wildman–Crippen MR) is 153 cm³/mol. The highest BCUT2D eigenvalue weighted by Crippen LogP contribution is 2.35. The monoisotopic (exact) mass is 588 g/mol. The van der Waals surface area contributed by atoms with Gasteiger partial charge in [0.05, 0.1) is 32.8 Å². The van der Waals surface area contributed by atoms with Crippen molar-refractivity contribution in [3.8, 4) is 17.7 Å². The van der Waals surface area contributed by atoms with E-state index in [0.717, 1.165) is 4.88 Å². The Labute approximate surface area is 245 Å². The van der Waals surface area contributed by atoms with E-state index in [1.807, 2.05) is 30.3 Å². The van der Waals surface area contributed by atoms with Crippen LogP contribution in [0.15, 0.2) is 71.0 Å². The molecule has 3 heterocycles. The summed E-state index contributed by atoms with van der Waals surface area (Å²) in [7, 11) is 0. The first-order chi connectivity index (χ1) is 20.4. The van der Waals surface area contributed by atoms with Crippen molar-refractivity contribution in [2.75, 3.05) is 26.3 Å². The van der Waals surface area contributed by atoms with Crippen molar-refractivity contribution in [1.82, 2.24) is 15.5 Å². The number of thiophene rings is 1. The number of para-hydroxylation sites is 1. The summed E-state index contributed by atoms with van der Waals surface area (Å²) < 4.78 is 17.3. The number of amides is 3. The van der Waals surface area contributed by atoms with Gasteiger partial charge in [-0.1, -0.05) is 18.2 Å². The van der Waals surface area contributed by atoms with Crippen LogP contribution in [0.3, 0.4) is 0 Å². The molecule has 3 aromatic rings. The fraction of sp³-hybridized carbons (Fsp3) is 0.276. The zero-order valence-electron chi connectivity index (χ0n) is 22.4. The van der Waals surface area contributed by atoms with Crippen LogP contribution in [-0.2, 0) is 25.6 Å². The fourth-order valence-electron chi connectivity index (χ4n) is 4.72. The number of nitrogens with zero attached hydrogens (tertiary/aromatic N) is 3. The van der Waals surface area contributed by atoms with E-state index in [-0.39, 0.29) is 37.8 Å². The molecule has 2 aliphatic heterocycles. The van der Waals surface area contributed by atoms with Crippen LogP contribution in [0.25, 0.3) is 0 Å². The molecule has 1 unspecified atom stereocenters. The van der Waals surface area contributed by atoms with Crippen molar-refractivity contribution in [3.63, 3.8) is 0 Å². The van der Waals surface area contributed by atoms with E-state index < -0.39 is 23.6 Å². The highest BCUT2D eigenvalue weighted by Gasteiger charge is 2.52. The first-order valence-corrected chi connectivity index (χ1v) is 14.0. The molecule has 0 bridgehead atoms. The van der Waals surface area contributed by atoms with Crippen molar-refractivity contribution in [1.29, 1.82) is 5.26 Å². The smallest absolute Gasteiger partial charge is 0.251 e. The summed E-state index contributed by atoms with van der Waals surface area (Å²) >= 11 is 1.35. The zero-order valence-corrected chi connectivity index (χ0v) is 23.3. The number of hydrogen-bond acceptors (Lipinski definition) is 9. The van der Waals surface area contributed by atoms with Gasteiger partial charge < -0.3 is 35.5 Å². The summed E-state index contributed by atoms with van der Waals surface area (Å²) in [4.78, 5) is 45.0. The molecule has 3 amide bonds. The molecule has 2 aromatic carbocycles. The van der Waals surface area contributed by atoms with Crippen LogP contribution < -0.4 is 21.1 Å². The van der Waals surface area contributed by atoms with E-state index in [4.69, 9.17) is 25.2 Å². The quantitative estimate of drug-likeness (QED) is 0.194. The molecule has 1 atom stereocenters. The van der Waals surface area contributed by atoms with Crippen molar-refractivity contribution < 1.29 is 28.6 Å². The summed E-state index contributed by atoms with van der Waals surface area (Å²) in [6, 6.07) is 16.7. The van der Waals surface area contributed by atoms with E-state index in [0.29, 0.717) is 35.8 Å². The standard InChI is InChI=1S/C29H28N6O6S/c30-18-34-26(31)20-12-23(42-16-20)14-32-28(38)24-13-29(39-10-11-40-29)17-35(24)25(36)15-33-27(37)19-6-8-22(9-7-19)41-21-4-2-1-3-5-21/h1-9,12,16,24H,10-11,13-15,17H2,(H2,31,34)(H,32,38)(H,33,37). The summed E-state index contributed by atoms with van der Waals surface area (Å²) in [5.74, 6) is -0.989. The van der Waals surface area contributed by atoms with E-state index in [1.165, 1.54) is 16.2 Å². The van der Waals surface area contributed by atoms with Gasteiger partial charge in [-0.15, -0.1) is 11.3 Å². The molecule has 4 N–H and O–H groups in total. The van der Waals surface area contributed by atoms with Gasteiger partial charge in [-0.25, -0.2) is 0 Å². The van der Waals surface area contributed by atoms with Gasteiger partial charge in [0.1, 0.15) is 23.4 Å². The lowest BCUT2D eigenvalue weighted by atomic mass is 10.1. The number of rotatable bonds is 9. The number of nitriles is 1. The molecule has 2 aliphatic rings. The van der Waals surface area contributed by atoms with E-state index in [9.17, 15) is 14.4 Å². The van der Waals surface area contributed by atoms with Gasteiger partial charge in [-0.3, -0.25) is 14.4 Å². The summed E-state index contributed by atoms with van der Waals surface area (Å²) in [5.41, 5.74) is 6.70. The average Bonchev–Trinajstić information content (AvgIpc) is 3.76. The van der Waals surface area contributed by atoms with Crippen LogP contribution in [0, 0.1) is 11.5 Å². The van der Waals surface area contributed by atoms with Crippen LogP contribution in [0.2, 0.25) is 0 Å². The number of likely N-dealkylation sites (tertiary alicyclic amines) is 1. The number of carbonyl (C=O) groups is 3. The third-order valence-corrected chi connectivity index (χ3v) is 7.72. The first-order valence-electron chi connectivity index (χ1n) is 13.1. The van der Waals surface area contributed by atoms with E-state index in [1.54, 1.807) is 41.9 Å². The summed E-state index contributed by atoms with van der Waals surface area (Å²) in [5, 5.41) is 15.9. The van der Waals surface area contributed by atoms with E-state index in [2.05, 4.69) is 15.6 Å². The van der Waals surface area contributed by atoms with Crippen molar-refractivity contribution in [3.05, 3.63) is 82.0 Å². The second-order valence-corrected chi connectivity index (χ2v) is 10.6. The molecule has 0 saturated carbocycles. The summed E-state index contributed by atoms with van der Waals surface area (Å²) in [6.45, 7) is 0.668. The maximum Gasteiger partial charge on any atom is 0.251 e. The SMILES string of the molecule is N#CN=C(N)c1csc(CNC(=O)C2CC3(CN2C(=O)CNC(=O)c2ccc(Oc4ccccc4)cc2)OCCO3)c1. The molecule has 1 aromatic heterocycles. The number of amidine groups is 1. The lowest BCUT2D eigenvalue weighted by molar-refractivity contribution is -0.152. The number of benzene rings is 2. The predicted octanol–water partition coefficient (Wildman–Crippen LogP) is 2.12. The van der Waals surface area contributed by atoms with Crippen molar-refractivity contribution in [2.45, 2.75) is 24.8 Å². The minimum atomic E-state index is -1.06. The number of nitrogens with one attached hydrogen (secondary N) is 2. The Morgan fingerprint density at radius 1 is 1.07 bits per heavy atom. The molecule has 0 aliphatic carbocycles. The van der Waals surface area contributed by atoms with Gasteiger partial charge >= 0.3 is 0 Å². The second-order valence-electron chi connectivity index (χ2n) is 9.59. The Kier molecular flexibility index (Phi) is 8.77. The number of hydrogen-bond donors (Lipinski definition) is 3. The molecule has 42 heavy (non-hydrogen) atoms. The number of aliphatic imine (C=N–C) groups is 1. The van der Waals surface area contributed by atoms with Gasteiger partial charge in [-0.2, -0.15) is 10.3 Å². The molecule has 1 spiro atoms. The van der Waals surface area contributed by atoms with Gasteiger partial charge in [0.15, 0.2) is 5.79 Å². The Balaban J connectivity index is 1.18. The first kappa shape index (κ1) is 28.7. The largest absolute Gasteiger partial charge is 0.457 e. The molecule has 0 radical (unpaired) electrons. The van der Waals surface area contributed by atoms with Crippen LogP contribution in [0.5, 0.6) is 11.5 Å². The van der Waals surface area contributed by atoms with Gasteiger partial charge in [0.25, 0.3) is 5.91 Å².